The van der Waals surface area contributed by atoms with Gasteiger partial charge in [-0.25, -0.2) is 5.42 Å². The molecule has 0 aromatic rings. The summed E-state index contributed by atoms with van der Waals surface area (Å²) in [6, 6.07) is 0. The van der Waals surface area contributed by atoms with E-state index in [1.807, 2.05) is 5.43 Å². The summed E-state index contributed by atoms with van der Waals surface area (Å²) in [4.78, 5) is 0. The molecule has 0 bridgehead atoms. The highest BCUT2D eigenvalue weighted by Crippen LogP contribution is 2.23. The van der Waals surface area contributed by atoms with Crippen molar-refractivity contribution in [2.45, 2.75) is 6.18 Å². The number of nitrogens with one attached hydrogen (secondary N) is 2. The Balaban J connectivity index is 2.60. The van der Waals surface area contributed by atoms with E-state index in [4.69, 9.17) is 1.41 Å². The second-order valence-corrected chi connectivity index (χ2v) is 1.57. The molecule has 0 aliphatic carbocycles. The van der Waals surface area contributed by atoms with Crippen molar-refractivity contribution in [2.75, 3.05) is 6.54 Å². The molecule has 0 aromatic heterocycles. The number of rotatable bonds is 0. The highest BCUT2D eigenvalue weighted by Gasteiger charge is 2.34. The lowest BCUT2D eigenvalue weighted by atomic mass is 10.4. The van der Waals surface area contributed by atoms with Crippen LogP contribution in [0.4, 0.5) is 13.2 Å². The molecule has 0 aromatic carbocycles. The Hall–Kier alpha value is -0.710. The van der Waals surface area contributed by atoms with Crippen LogP contribution in [0.1, 0.15) is 0 Å². The van der Waals surface area contributed by atoms with E-state index in [0.717, 1.165) is 6.08 Å². The number of alkyl halides is 3. The summed E-state index contributed by atoms with van der Waals surface area (Å²) in [6.07, 6.45) is -3.43. The molecule has 1 rings (SSSR count). The van der Waals surface area contributed by atoms with E-state index < -0.39 is 11.9 Å². The second kappa shape index (κ2) is 1.91. The van der Waals surface area contributed by atoms with E-state index in [9.17, 15) is 13.2 Å². The highest BCUT2D eigenvalue weighted by atomic mass is 19.4. The fraction of sp³-hybridized carbons (Fsp3) is 0.500. The van der Waals surface area contributed by atoms with Crippen LogP contribution in [-0.2, 0) is 0 Å². The third kappa shape index (κ3) is 1.35. The fourth-order valence-corrected chi connectivity index (χ4v) is 0.493. The molecule has 9 heavy (non-hydrogen) atoms. The Kier molecular flexibility index (Phi) is 1.08. The van der Waals surface area contributed by atoms with Gasteiger partial charge in [0.05, 0.1) is 0 Å². The van der Waals surface area contributed by atoms with Crippen LogP contribution in [0, 0.1) is 0 Å². The van der Waals surface area contributed by atoms with Crippen LogP contribution in [0.15, 0.2) is 11.8 Å². The van der Waals surface area contributed by atoms with E-state index in [2.05, 4.69) is 0 Å². The lowest BCUT2D eigenvalue weighted by molar-refractivity contribution is -0.0965. The van der Waals surface area contributed by atoms with Crippen molar-refractivity contribution < 1.29 is 14.6 Å². The molecule has 1 aliphatic rings. The molecule has 0 atom stereocenters. The van der Waals surface area contributed by atoms with Crippen LogP contribution in [-0.4, -0.2) is 12.7 Å². The molecule has 2 nitrogen and oxygen atoms in total. The number of hydrogen-bond acceptors (Lipinski definition) is 2. The SMILES string of the molecule is [2H]N1CC=C(C(F)(F)F)N1. The first-order chi connectivity index (χ1) is 4.50. The Labute approximate surface area is 51.2 Å². The first-order valence-electron chi connectivity index (χ1n) is 2.75. The lowest BCUT2D eigenvalue weighted by Gasteiger charge is -2.06. The first kappa shape index (κ1) is 5.10. The molecular formula is C4H5F3N2. The molecule has 0 fully saturated rings. The maximum absolute atomic E-state index is 11.7. The summed E-state index contributed by atoms with van der Waals surface area (Å²) in [6.45, 7) is -0.0329. The summed E-state index contributed by atoms with van der Waals surface area (Å²) >= 11 is 0. The summed E-state index contributed by atoms with van der Waals surface area (Å²) in [5, 5.41) is 0. The van der Waals surface area contributed by atoms with Gasteiger partial charge in [-0.05, 0) is 6.08 Å². The van der Waals surface area contributed by atoms with Gasteiger partial charge in [0.25, 0.3) is 0 Å². The first-order valence-corrected chi connectivity index (χ1v) is 2.30. The van der Waals surface area contributed by atoms with E-state index in [1.54, 1.807) is 0 Å². The molecular weight excluding hydrogens is 133 g/mol. The molecule has 0 spiro atoms. The number of hydrogen-bond donors (Lipinski definition) is 2. The van der Waals surface area contributed by atoms with Crippen molar-refractivity contribution in [2.24, 2.45) is 0 Å². The standard InChI is InChI=1S/C4H5F3N2/c5-4(6,7)3-1-2-8-9-3/h1,8-9H,2H2/i/hD. The topological polar surface area (TPSA) is 24.1 Å². The Morgan fingerprint density at radius 2 is 2.33 bits per heavy atom. The minimum atomic E-state index is -4.35. The molecule has 5 heteroatoms. The van der Waals surface area contributed by atoms with Gasteiger partial charge in [0.1, 0.15) is 7.11 Å². The van der Waals surface area contributed by atoms with Gasteiger partial charge in [-0.15, -0.1) is 0 Å². The normalized spacial score (nSPS) is 23.0. The van der Waals surface area contributed by atoms with E-state index >= 15 is 0 Å². The summed E-state index contributed by atoms with van der Waals surface area (Å²) < 4.78 is 41.8. The zero-order valence-corrected chi connectivity index (χ0v) is 4.37. The van der Waals surface area contributed by atoms with Gasteiger partial charge in [0.15, 0.2) is 0 Å². The smallest absolute Gasteiger partial charge is 0.317 e. The quantitative estimate of drug-likeness (QED) is 0.511. The maximum Gasteiger partial charge on any atom is 0.431 e. The van der Waals surface area contributed by atoms with Crippen molar-refractivity contribution >= 4 is 0 Å². The Bertz CT molecular complexity index is 164. The van der Waals surface area contributed by atoms with Crippen LogP contribution in [0.5, 0.6) is 0 Å². The summed E-state index contributed by atoms with van der Waals surface area (Å²) in [5.74, 6) is 0. The molecule has 0 saturated heterocycles. The molecule has 0 saturated carbocycles. The van der Waals surface area contributed by atoms with Gasteiger partial charge in [-0.3, -0.25) is 0 Å². The average molecular weight is 139 g/mol. The predicted molar refractivity (Wildman–Crippen MR) is 25.3 cm³/mol. The van der Waals surface area contributed by atoms with Crippen LogP contribution in [0.3, 0.4) is 0 Å². The van der Waals surface area contributed by atoms with E-state index in [1.165, 1.54) is 0 Å². The molecule has 0 unspecified atom stereocenters. The molecule has 52 valence electrons. The molecule has 1 heterocycles. The Morgan fingerprint density at radius 3 is 2.56 bits per heavy atom. The minimum Gasteiger partial charge on any atom is -0.317 e. The number of allylic oxidation sites excluding steroid dienone is 1. The molecule has 0 amide bonds. The molecule has 2 N–H and O–H groups in total. The van der Waals surface area contributed by atoms with Crippen molar-refractivity contribution in [1.29, 1.82) is 0 Å². The lowest BCUT2D eigenvalue weighted by Crippen LogP contribution is -2.30. The third-order valence-electron chi connectivity index (χ3n) is 0.892. The van der Waals surface area contributed by atoms with Gasteiger partial charge < -0.3 is 5.43 Å². The number of hydrazine groups is 1. The van der Waals surface area contributed by atoms with Crippen LogP contribution < -0.4 is 10.8 Å². The van der Waals surface area contributed by atoms with Crippen molar-refractivity contribution in [3.63, 3.8) is 0 Å². The zero-order valence-electron chi connectivity index (χ0n) is 5.37. The van der Waals surface area contributed by atoms with Crippen LogP contribution in [0.2, 0.25) is 1.41 Å². The average Bonchev–Trinajstić information content (AvgIpc) is 2.11. The second-order valence-electron chi connectivity index (χ2n) is 1.57. The molecule has 1 aliphatic heterocycles. The highest BCUT2D eigenvalue weighted by molar-refractivity contribution is 5.10. The van der Waals surface area contributed by atoms with Crippen LogP contribution in [0.25, 0.3) is 0 Å². The van der Waals surface area contributed by atoms with Gasteiger partial charge in [0, 0.05) is 6.54 Å². The molecule has 0 radical (unpaired) electrons. The third-order valence-corrected chi connectivity index (χ3v) is 0.892. The number of halogens is 3. The van der Waals surface area contributed by atoms with Crippen molar-refractivity contribution in [3.05, 3.63) is 11.8 Å². The largest absolute Gasteiger partial charge is 0.431 e. The van der Waals surface area contributed by atoms with Gasteiger partial charge in [-0.1, -0.05) is 0 Å². The Morgan fingerprint density at radius 1 is 1.67 bits per heavy atom. The monoisotopic (exact) mass is 139 g/mol. The van der Waals surface area contributed by atoms with Gasteiger partial charge in [0.2, 0.25) is 0 Å². The maximum atomic E-state index is 11.7. The van der Waals surface area contributed by atoms with Crippen molar-refractivity contribution in [1.82, 2.24) is 10.8 Å². The predicted octanol–water partition coefficient (Wildman–Crippen LogP) is 0.540. The zero-order chi connectivity index (χ0) is 7.78. The summed E-state index contributed by atoms with van der Waals surface area (Å²) in [5.41, 5.74) is 1.58. The van der Waals surface area contributed by atoms with E-state index in [0.29, 0.717) is 5.42 Å². The van der Waals surface area contributed by atoms with Crippen LogP contribution >= 0.6 is 0 Å². The van der Waals surface area contributed by atoms with E-state index in [-0.39, 0.29) is 6.54 Å². The van der Waals surface area contributed by atoms with Gasteiger partial charge >= 0.3 is 6.18 Å². The minimum absolute atomic E-state index is 0.0329. The summed E-state index contributed by atoms with van der Waals surface area (Å²) in [7, 11) is 0. The van der Waals surface area contributed by atoms with Crippen molar-refractivity contribution in [3.8, 4) is 0 Å². The fourth-order valence-electron chi connectivity index (χ4n) is 0.493. The van der Waals surface area contributed by atoms with Gasteiger partial charge in [-0.2, -0.15) is 13.2 Å².